The fourth-order valence-corrected chi connectivity index (χ4v) is 2.50. The molecule has 0 unspecified atom stereocenters. The number of rotatable bonds is 7. The van der Waals surface area contributed by atoms with Gasteiger partial charge in [0.2, 0.25) is 0 Å². The number of hydrogen-bond donors (Lipinski definition) is 1. The van der Waals surface area contributed by atoms with Crippen LogP contribution in [0, 0.1) is 5.41 Å². The first kappa shape index (κ1) is 18.1. The van der Waals surface area contributed by atoms with Crippen molar-refractivity contribution in [2.24, 2.45) is 5.41 Å². The van der Waals surface area contributed by atoms with Gasteiger partial charge in [0, 0.05) is 18.1 Å². The molecule has 4 nitrogen and oxygen atoms in total. The van der Waals surface area contributed by atoms with Gasteiger partial charge in [0.25, 0.3) is 5.91 Å². The van der Waals surface area contributed by atoms with Crippen LogP contribution in [0.5, 0.6) is 5.75 Å². The Kier molecular flexibility index (Phi) is 6.78. The highest BCUT2D eigenvalue weighted by Crippen LogP contribution is 2.27. The zero-order valence-corrected chi connectivity index (χ0v) is 14.4. The number of carbonyl (C=O) groups excluding carboxylic acids is 1. The number of nitrogens with one attached hydrogen (secondary N) is 1. The molecule has 1 rings (SSSR count). The molecule has 1 N–H and O–H groups in total. The van der Waals surface area contributed by atoms with E-state index in [0.29, 0.717) is 22.3 Å². The minimum Gasteiger partial charge on any atom is -0.482 e. The van der Waals surface area contributed by atoms with E-state index in [1.54, 1.807) is 18.2 Å². The Hall–Kier alpha value is -0.970. The molecule has 0 fully saturated rings. The lowest BCUT2D eigenvalue weighted by atomic mass is 9.93. The summed E-state index contributed by atoms with van der Waals surface area (Å²) in [5.74, 6) is 0.275. The van der Waals surface area contributed by atoms with Gasteiger partial charge in [-0.05, 0) is 37.7 Å². The van der Waals surface area contributed by atoms with Gasteiger partial charge in [-0.15, -0.1) is 0 Å². The number of halogens is 2. The lowest BCUT2D eigenvalue weighted by Crippen LogP contribution is -2.41. The van der Waals surface area contributed by atoms with E-state index in [9.17, 15) is 4.79 Å². The molecule has 0 saturated heterocycles. The molecular formula is C15H22Cl2N2O2. The summed E-state index contributed by atoms with van der Waals surface area (Å²) >= 11 is 11.8. The van der Waals surface area contributed by atoms with Crippen LogP contribution < -0.4 is 10.1 Å². The van der Waals surface area contributed by atoms with E-state index >= 15 is 0 Å². The summed E-state index contributed by atoms with van der Waals surface area (Å²) in [6, 6.07) is 4.89. The molecule has 0 aromatic heterocycles. The Bertz CT molecular complexity index is 491. The molecule has 1 amide bonds. The van der Waals surface area contributed by atoms with Gasteiger partial charge in [-0.2, -0.15) is 0 Å². The van der Waals surface area contributed by atoms with Crippen molar-refractivity contribution in [3.05, 3.63) is 28.2 Å². The number of hydrogen-bond acceptors (Lipinski definition) is 3. The quantitative estimate of drug-likeness (QED) is 0.834. The summed E-state index contributed by atoms with van der Waals surface area (Å²) < 4.78 is 5.39. The van der Waals surface area contributed by atoms with Gasteiger partial charge < -0.3 is 15.0 Å². The molecule has 0 radical (unpaired) electrons. The third-order valence-corrected chi connectivity index (χ3v) is 3.29. The SMILES string of the molecule is CN(C)CC(C)(C)CNC(=O)COc1ccc(Cl)cc1Cl. The van der Waals surface area contributed by atoms with E-state index < -0.39 is 0 Å². The number of ether oxygens (including phenoxy) is 1. The highest BCUT2D eigenvalue weighted by atomic mass is 35.5. The molecular weight excluding hydrogens is 311 g/mol. The molecule has 0 aliphatic heterocycles. The molecule has 1 aromatic rings. The van der Waals surface area contributed by atoms with Crippen molar-refractivity contribution in [3.8, 4) is 5.75 Å². The van der Waals surface area contributed by atoms with E-state index in [2.05, 4.69) is 24.1 Å². The standard InChI is InChI=1S/C15H22Cl2N2O2/c1-15(2,10-19(3)4)9-18-14(20)8-21-13-6-5-11(16)7-12(13)17/h5-7H,8-10H2,1-4H3,(H,18,20). The topological polar surface area (TPSA) is 41.6 Å². The van der Waals surface area contributed by atoms with E-state index in [1.165, 1.54) is 0 Å². The van der Waals surface area contributed by atoms with Gasteiger partial charge >= 0.3 is 0 Å². The van der Waals surface area contributed by atoms with Gasteiger partial charge in [-0.1, -0.05) is 37.0 Å². The Morgan fingerprint density at radius 3 is 2.57 bits per heavy atom. The normalized spacial score (nSPS) is 11.6. The van der Waals surface area contributed by atoms with Gasteiger partial charge in [0.05, 0.1) is 5.02 Å². The van der Waals surface area contributed by atoms with Crippen LogP contribution in [-0.4, -0.2) is 44.6 Å². The van der Waals surface area contributed by atoms with Crippen LogP contribution in [0.25, 0.3) is 0 Å². The molecule has 118 valence electrons. The van der Waals surface area contributed by atoms with E-state index in [0.717, 1.165) is 6.54 Å². The molecule has 21 heavy (non-hydrogen) atoms. The van der Waals surface area contributed by atoms with E-state index in [4.69, 9.17) is 27.9 Å². The third kappa shape index (κ3) is 7.02. The first-order valence-electron chi connectivity index (χ1n) is 6.69. The Morgan fingerprint density at radius 1 is 1.33 bits per heavy atom. The molecule has 0 saturated carbocycles. The van der Waals surface area contributed by atoms with Crippen molar-refractivity contribution in [1.29, 1.82) is 0 Å². The predicted octanol–water partition coefficient (Wildman–Crippen LogP) is 3.08. The maximum Gasteiger partial charge on any atom is 0.257 e. The second kappa shape index (κ2) is 7.87. The third-order valence-electron chi connectivity index (χ3n) is 2.76. The average molecular weight is 333 g/mol. The smallest absolute Gasteiger partial charge is 0.257 e. The first-order chi connectivity index (χ1) is 9.69. The van der Waals surface area contributed by atoms with Crippen molar-refractivity contribution >= 4 is 29.1 Å². The molecule has 0 aliphatic carbocycles. The molecule has 1 aromatic carbocycles. The number of nitrogens with zero attached hydrogens (tertiary/aromatic N) is 1. The summed E-state index contributed by atoms with van der Waals surface area (Å²) in [7, 11) is 4.02. The molecule has 0 spiro atoms. The van der Waals surface area contributed by atoms with E-state index in [-0.39, 0.29) is 17.9 Å². The molecule has 0 bridgehead atoms. The summed E-state index contributed by atoms with van der Waals surface area (Å²) in [6.45, 7) is 5.60. The molecule has 0 aliphatic rings. The van der Waals surface area contributed by atoms with Crippen molar-refractivity contribution in [3.63, 3.8) is 0 Å². The van der Waals surface area contributed by atoms with E-state index in [1.807, 2.05) is 14.1 Å². The van der Waals surface area contributed by atoms with Crippen LogP contribution >= 0.6 is 23.2 Å². The summed E-state index contributed by atoms with van der Waals surface area (Å²) in [5, 5.41) is 3.79. The first-order valence-corrected chi connectivity index (χ1v) is 7.44. The summed E-state index contributed by atoms with van der Waals surface area (Å²) in [6.07, 6.45) is 0. The van der Waals surface area contributed by atoms with Crippen LogP contribution in [0.4, 0.5) is 0 Å². The fourth-order valence-electron chi connectivity index (χ4n) is 2.04. The zero-order valence-electron chi connectivity index (χ0n) is 12.9. The minimum atomic E-state index is -0.173. The maximum absolute atomic E-state index is 11.8. The van der Waals surface area contributed by atoms with Crippen LogP contribution in [-0.2, 0) is 4.79 Å². The van der Waals surface area contributed by atoms with Gasteiger partial charge in [-0.3, -0.25) is 4.79 Å². The summed E-state index contributed by atoms with van der Waals surface area (Å²) in [4.78, 5) is 13.9. The number of amides is 1. The second-order valence-electron chi connectivity index (χ2n) is 6.04. The average Bonchev–Trinajstić information content (AvgIpc) is 2.34. The van der Waals surface area contributed by atoms with Gasteiger partial charge in [0.1, 0.15) is 5.75 Å². The lowest BCUT2D eigenvalue weighted by molar-refractivity contribution is -0.123. The van der Waals surface area contributed by atoms with Gasteiger partial charge in [-0.25, -0.2) is 0 Å². The Labute approximate surface area is 136 Å². The van der Waals surface area contributed by atoms with Gasteiger partial charge in [0.15, 0.2) is 6.61 Å². The number of carbonyl (C=O) groups is 1. The monoisotopic (exact) mass is 332 g/mol. The molecule has 6 heteroatoms. The van der Waals surface area contributed by atoms with Crippen molar-refractivity contribution in [2.75, 3.05) is 33.8 Å². The zero-order chi connectivity index (χ0) is 16.0. The molecule has 0 heterocycles. The Morgan fingerprint density at radius 2 is 2.00 bits per heavy atom. The fraction of sp³-hybridized carbons (Fsp3) is 0.533. The second-order valence-corrected chi connectivity index (χ2v) is 6.89. The highest BCUT2D eigenvalue weighted by Gasteiger charge is 2.19. The van der Waals surface area contributed by atoms with Crippen molar-refractivity contribution in [1.82, 2.24) is 10.2 Å². The minimum absolute atomic E-state index is 0.00290. The van der Waals surface area contributed by atoms with Crippen LogP contribution in [0.3, 0.4) is 0 Å². The largest absolute Gasteiger partial charge is 0.482 e. The number of benzene rings is 1. The predicted molar refractivity (Wildman–Crippen MR) is 87.3 cm³/mol. The van der Waals surface area contributed by atoms with Crippen molar-refractivity contribution < 1.29 is 9.53 Å². The van der Waals surface area contributed by atoms with Crippen LogP contribution in [0.1, 0.15) is 13.8 Å². The summed E-state index contributed by atoms with van der Waals surface area (Å²) in [5.41, 5.74) is -0.00290. The maximum atomic E-state index is 11.8. The van der Waals surface area contributed by atoms with Crippen molar-refractivity contribution in [2.45, 2.75) is 13.8 Å². The molecule has 0 atom stereocenters. The van der Waals surface area contributed by atoms with Crippen LogP contribution in [0.15, 0.2) is 18.2 Å². The lowest BCUT2D eigenvalue weighted by Gasteiger charge is -2.28. The highest BCUT2D eigenvalue weighted by molar-refractivity contribution is 6.35. The van der Waals surface area contributed by atoms with Crippen LogP contribution in [0.2, 0.25) is 10.0 Å². The Balaban J connectivity index is 2.41.